The predicted octanol–water partition coefficient (Wildman–Crippen LogP) is 3.44. The maximum absolute atomic E-state index is 6.34. The number of furan rings is 1. The lowest BCUT2D eigenvalue weighted by molar-refractivity contribution is 0.0315. The van der Waals surface area contributed by atoms with Gasteiger partial charge in [-0.05, 0) is 59.0 Å². The second kappa shape index (κ2) is 8.61. The topological polar surface area (TPSA) is 79.8 Å². The molecular weight excluding hydrogens is 394 g/mol. The summed E-state index contributed by atoms with van der Waals surface area (Å²) in [7, 11) is 2.18. The molecule has 31 heavy (non-hydrogen) atoms. The van der Waals surface area contributed by atoms with Crippen LogP contribution in [0.25, 0.3) is 22.2 Å². The van der Waals surface area contributed by atoms with E-state index in [4.69, 9.17) is 18.7 Å². The van der Waals surface area contributed by atoms with Crippen molar-refractivity contribution in [2.75, 3.05) is 51.8 Å². The van der Waals surface area contributed by atoms with E-state index in [1.54, 1.807) is 0 Å². The van der Waals surface area contributed by atoms with Crippen molar-refractivity contribution >= 4 is 16.8 Å². The molecule has 1 N–H and O–H groups in total. The molecule has 3 aromatic heterocycles. The summed E-state index contributed by atoms with van der Waals surface area (Å²) in [5.74, 6) is 2.56. The van der Waals surface area contributed by atoms with Gasteiger partial charge in [0, 0.05) is 24.5 Å². The summed E-state index contributed by atoms with van der Waals surface area (Å²) < 4.78 is 17.2. The van der Waals surface area contributed by atoms with E-state index in [-0.39, 0.29) is 0 Å². The van der Waals surface area contributed by atoms with Crippen molar-refractivity contribution < 1.29 is 13.7 Å². The zero-order valence-corrected chi connectivity index (χ0v) is 18.6. The molecule has 0 atom stereocenters. The fraction of sp³-hybridized carbons (Fsp3) is 0.565. The van der Waals surface area contributed by atoms with Gasteiger partial charge in [0.1, 0.15) is 11.5 Å². The van der Waals surface area contributed by atoms with Crippen molar-refractivity contribution in [3.8, 4) is 11.3 Å². The van der Waals surface area contributed by atoms with Crippen molar-refractivity contribution in [3.63, 3.8) is 0 Å². The molecule has 166 valence electrons. The van der Waals surface area contributed by atoms with E-state index in [9.17, 15) is 0 Å². The highest BCUT2D eigenvalue weighted by molar-refractivity contribution is 5.91. The Bertz CT molecular complexity index is 1030. The van der Waals surface area contributed by atoms with Crippen LogP contribution in [0.5, 0.6) is 0 Å². The summed E-state index contributed by atoms with van der Waals surface area (Å²) in [6, 6.07) is 4.63. The minimum Gasteiger partial charge on any atom is -0.456 e. The Kier molecular flexibility index (Phi) is 5.69. The molecule has 0 unspecified atom stereocenters. The van der Waals surface area contributed by atoms with Crippen LogP contribution in [0, 0.1) is 13.8 Å². The molecule has 2 aliphatic heterocycles. The number of ether oxygens (including phenoxy) is 1. The average molecular weight is 426 g/mol. The van der Waals surface area contributed by atoms with Gasteiger partial charge in [0.25, 0.3) is 0 Å². The molecule has 2 fully saturated rings. The van der Waals surface area contributed by atoms with Crippen molar-refractivity contribution in [1.29, 1.82) is 0 Å². The van der Waals surface area contributed by atoms with Crippen molar-refractivity contribution in [2.24, 2.45) is 0 Å². The van der Waals surface area contributed by atoms with Crippen LogP contribution in [0.1, 0.15) is 30.1 Å². The van der Waals surface area contributed by atoms with E-state index in [1.165, 1.54) is 0 Å². The zero-order valence-electron chi connectivity index (χ0n) is 18.6. The molecule has 0 aliphatic carbocycles. The maximum Gasteiger partial charge on any atom is 0.176 e. The first-order valence-electron chi connectivity index (χ1n) is 11.2. The highest BCUT2D eigenvalue weighted by atomic mass is 16.5. The highest BCUT2D eigenvalue weighted by Gasteiger charge is 2.23. The van der Waals surface area contributed by atoms with E-state index in [0.717, 1.165) is 104 Å². The Hall–Kier alpha value is -2.42. The number of nitrogens with one attached hydrogen (secondary N) is 1. The third-order valence-corrected chi connectivity index (χ3v) is 6.38. The molecule has 5 heterocycles. The number of pyridine rings is 1. The molecule has 8 nitrogen and oxygen atoms in total. The number of anilines is 1. The SMILES string of the molecule is Cc1noc(C)c1-c1cc2cc(CN3CCOCC3)oc2c(NC2CCN(C)CC2)n1. The molecule has 8 heteroatoms. The Labute approximate surface area is 182 Å². The lowest BCUT2D eigenvalue weighted by atomic mass is 10.1. The van der Waals surface area contributed by atoms with Crippen molar-refractivity contribution in [1.82, 2.24) is 19.9 Å². The summed E-state index contributed by atoms with van der Waals surface area (Å²) in [6.07, 6.45) is 2.19. The minimum atomic E-state index is 0.389. The van der Waals surface area contributed by atoms with Crippen LogP contribution in [0.3, 0.4) is 0 Å². The van der Waals surface area contributed by atoms with Gasteiger partial charge in [-0.25, -0.2) is 4.98 Å². The van der Waals surface area contributed by atoms with Crippen LogP contribution in [-0.2, 0) is 11.3 Å². The molecule has 0 saturated carbocycles. The number of rotatable bonds is 5. The first-order valence-corrected chi connectivity index (χ1v) is 11.2. The lowest BCUT2D eigenvalue weighted by Gasteiger charge is -2.29. The Balaban J connectivity index is 1.51. The third-order valence-electron chi connectivity index (χ3n) is 6.38. The highest BCUT2D eigenvalue weighted by Crippen LogP contribution is 2.34. The van der Waals surface area contributed by atoms with Crippen LogP contribution >= 0.6 is 0 Å². The number of nitrogens with zero attached hydrogens (tertiary/aromatic N) is 4. The van der Waals surface area contributed by atoms with Crippen LogP contribution in [0.2, 0.25) is 0 Å². The zero-order chi connectivity index (χ0) is 21.4. The van der Waals surface area contributed by atoms with Gasteiger partial charge in [0.15, 0.2) is 11.4 Å². The number of piperidine rings is 1. The number of hydrogen-bond acceptors (Lipinski definition) is 8. The normalized spacial score (nSPS) is 19.3. The van der Waals surface area contributed by atoms with Crippen LogP contribution < -0.4 is 5.32 Å². The van der Waals surface area contributed by atoms with Crippen LogP contribution in [0.4, 0.5) is 5.82 Å². The monoisotopic (exact) mass is 425 g/mol. The summed E-state index contributed by atoms with van der Waals surface area (Å²) in [5, 5.41) is 8.87. The van der Waals surface area contributed by atoms with Gasteiger partial charge in [-0.15, -0.1) is 0 Å². The second-order valence-electron chi connectivity index (χ2n) is 8.80. The predicted molar refractivity (Wildman–Crippen MR) is 119 cm³/mol. The van der Waals surface area contributed by atoms with E-state index < -0.39 is 0 Å². The number of likely N-dealkylation sites (tertiary alicyclic amines) is 1. The fourth-order valence-corrected chi connectivity index (χ4v) is 4.58. The Morgan fingerprint density at radius 3 is 2.58 bits per heavy atom. The van der Waals surface area contributed by atoms with Gasteiger partial charge in [0.05, 0.1) is 36.7 Å². The van der Waals surface area contributed by atoms with E-state index in [2.05, 4.69) is 39.5 Å². The Morgan fingerprint density at radius 2 is 1.87 bits per heavy atom. The van der Waals surface area contributed by atoms with E-state index in [0.29, 0.717) is 6.04 Å². The summed E-state index contributed by atoms with van der Waals surface area (Å²) in [4.78, 5) is 9.73. The van der Waals surface area contributed by atoms with E-state index in [1.807, 2.05) is 13.8 Å². The van der Waals surface area contributed by atoms with Gasteiger partial charge < -0.3 is 23.9 Å². The molecule has 0 radical (unpaired) electrons. The van der Waals surface area contributed by atoms with Crippen molar-refractivity contribution in [2.45, 2.75) is 39.3 Å². The first kappa shape index (κ1) is 20.5. The van der Waals surface area contributed by atoms with Crippen LogP contribution in [0.15, 0.2) is 21.1 Å². The lowest BCUT2D eigenvalue weighted by Crippen LogP contribution is -2.36. The molecule has 5 rings (SSSR count). The number of fused-ring (bicyclic) bond motifs is 1. The van der Waals surface area contributed by atoms with Gasteiger partial charge in [-0.2, -0.15) is 0 Å². The molecule has 3 aromatic rings. The quantitative estimate of drug-likeness (QED) is 0.666. The second-order valence-corrected chi connectivity index (χ2v) is 8.80. The molecule has 0 aromatic carbocycles. The van der Waals surface area contributed by atoms with Gasteiger partial charge >= 0.3 is 0 Å². The molecule has 2 aliphatic rings. The summed E-state index contributed by atoms with van der Waals surface area (Å²) in [5.41, 5.74) is 3.52. The average Bonchev–Trinajstić information content (AvgIpc) is 3.32. The number of aryl methyl sites for hydroxylation is 2. The van der Waals surface area contributed by atoms with E-state index >= 15 is 0 Å². The maximum atomic E-state index is 6.34. The first-order chi connectivity index (χ1) is 15.1. The Morgan fingerprint density at radius 1 is 1.10 bits per heavy atom. The minimum absolute atomic E-state index is 0.389. The molecular formula is C23H31N5O3. The molecule has 0 bridgehead atoms. The number of aromatic nitrogens is 2. The molecule has 0 amide bonds. The smallest absolute Gasteiger partial charge is 0.176 e. The third kappa shape index (κ3) is 4.33. The summed E-state index contributed by atoms with van der Waals surface area (Å²) in [6.45, 7) is 10.3. The molecule has 2 saturated heterocycles. The van der Waals surface area contributed by atoms with Crippen molar-refractivity contribution in [3.05, 3.63) is 29.3 Å². The molecule has 0 spiro atoms. The largest absolute Gasteiger partial charge is 0.456 e. The van der Waals surface area contributed by atoms with Gasteiger partial charge in [-0.3, -0.25) is 4.90 Å². The number of morpholine rings is 1. The summed E-state index contributed by atoms with van der Waals surface area (Å²) >= 11 is 0. The van der Waals surface area contributed by atoms with Gasteiger partial charge in [0.2, 0.25) is 0 Å². The standard InChI is InChI=1S/C23H31N5O3/c1-15-21(16(2)31-26-15)20-13-17-12-19(14-28-8-10-29-11-9-28)30-22(17)23(25-20)24-18-4-6-27(3)7-5-18/h12-13,18H,4-11,14H2,1-3H3,(H,24,25). The fourth-order valence-electron chi connectivity index (χ4n) is 4.58. The number of hydrogen-bond donors (Lipinski definition) is 1. The van der Waals surface area contributed by atoms with Crippen LogP contribution in [-0.4, -0.2) is 72.4 Å². The van der Waals surface area contributed by atoms with Gasteiger partial charge in [-0.1, -0.05) is 5.16 Å².